The second-order valence-corrected chi connectivity index (χ2v) is 4.21. The average molecular weight is 257 g/mol. The minimum absolute atomic E-state index is 0.0344. The fourth-order valence-electron chi connectivity index (χ4n) is 2.06. The van der Waals surface area contributed by atoms with E-state index in [1.54, 1.807) is 25.6 Å². The van der Waals surface area contributed by atoms with E-state index in [1.165, 1.54) is 0 Å². The monoisotopic (exact) mass is 257 g/mol. The molecule has 0 saturated carbocycles. The number of hydrogen-bond donors (Lipinski definition) is 1. The van der Waals surface area contributed by atoms with Gasteiger partial charge in [0.1, 0.15) is 5.75 Å². The van der Waals surface area contributed by atoms with Crippen LogP contribution in [-0.2, 0) is 17.6 Å². The van der Waals surface area contributed by atoms with Gasteiger partial charge in [-0.05, 0) is 23.3 Å². The number of benzene rings is 1. The van der Waals surface area contributed by atoms with Gasteiger partial charge in [-0.15, -0.1) is 0 Å². The van der Waals surface area contributed by atoms with Crippen LogP contribution in [0, 0.1) is 0 Å². The van der Waals surface area contributed by atoms with Crippen LogP contribution in [0.25, 0.3) is 0 Å². The van der Waals surface area contributed by atoms with Crippen molar-refractivity contribution in [2.75, 3.05) is 7.11 Å². The van der Waals surface area contributed by atoms with Gasteiger partial charge in [-0.1, -0.05) is 18.2 Å². The Labute approximate surface area is 111 Å². The van der Waals surface area contributed by atoms with E-state index >= 15 is 0 Å². The first-order chi connectivity index (χ1) is 9.20. The minimum Gasteiger partial charge on any atom is -0.496 e. The van der Waals surface area contributed by atoms with E-state index in [4.69, 9.17) is 9.84 Å². The maximum absolute atomic E-state index is 10.8. The Bertz CT molecular complexity index is 567. The zero-order valence-corrected chi connectivity index (χ0v) is 10.7. The molecule has 0 saturated heterocycles. The number of para-hydroxylation sites is 1. The molecule has 0 aliphatic carbocycles. The first kappa shape index (κ1) is 13.1. The summed E-state index contributed by atoms with van der Waals surface area (Å²) < 4.78 is 5.37. The molecule has 4 nitrogen and oxygen atoms in total. The molecule has 1 N–H and O–H groups in total. The van der Waals surface area contributed by atoms with Gasteiger partial charge in [0.15, 0.2) is 0 Å². The largest absolute Gasteiger partial charge is 0.496 e. The third-order valence-electron chi connectivity index (χ3n) is 2.87. The average Bonchev–Trinajstić information content (AvgIpc) is 2.39. The molecule has 19 heavy (non-hydrogen) atoms. The van der Waals surface area contributed by atoms with Crippen molar-refractivity contribution in [3.8, 4) is 5.75 Å². The standard InChI is InChI=1S/C15H15NO3/c1-19-15-12(9-11-5-7-16-8-6-11)3-2-4-13(15)10-14(17)18/h2-8H,9-10H2,1H3,(H,17,18). The summed E-state index contributed by atoms with van der Waals surface area (Å²) in [5.41, 5.74) is 2.79. The second-order valence-electron chi connectivity index (χ2n) is 4.21. The van der Waals surface area contributed by atoms with Crippen molar-refractivity contribution in [2.45, 2.75) is 12.8 Å². The molecule has 2 rings (SSSR count). The van der Waals surface area contributed by atoms with Gasteiger partial charge in [-0.2, -0.15) is 0 Å². The zero-order valence-electron chi connectivity index (χ0n) is 10.7. The first-order valence-electron chi connectivity index (χ1n) is 5.96. The van der Waals surface area contributed by atoms with Gasteiger partial charge < -0.3 is 9.84 Å². The maximum atomic E-state index is 10.8. The van der Waals surface area contributed by atoms with Gasteiger partial charge >= 0.3 is 5.97 Å². The molecular formula is C15H15NO3. The quantitative estimate of drug-likeness (QED) is 0.893. The highest BCUT2D eigenvalue weighted by atomic mass is 16.5. The molecule has 0 fully saturated rings. The Hall–Kier alpha value is -2.36. The summed E-state index contributed by atoms with van der Waals surface area (Å²) in [5.74, 6) is -0.207. The highest BCUT2D eigenvalue weighted by molar-refractivity contribution is 5.71. The number of aliphatic carboxylic acids is 1. The van der Waals surface area contributed by atoms with E-state index in [2.05, 4.69) is 4.98 Å². The van der Waals surface area contributed by atoms with E-state index in [0.717, 1.165) is 11.1 Å². The number of methoxy groups -OCH3 is 1. The molecule has 0 amide bonds. The van der Waals surface area contributed by atoms with E-state index in [0.29, 0.717) is 17.7 Å². The summed E-state index contributed by atoms with van der Waals surface area (Å²) in [6, 6.07) is 9.46. The molecule has 1 aromatic heterocycles. The SMILES string of the molecule is COc1c(CC(=O)O)cccc1Cc1ccncc1. The fourth-order valence-corrected chi connectivity index (χ4v) is 2.06. The van der Waals surface area contributed by atoms with Crippen LogP contribution in [0.5, 0.6) is 5.75 Å². The summed E-state index contributed by atoms with van der Waals surface area (Å²) in [6.45, 7) is 0. The van der Waals surface area contributed by atoms with Crippen LogP contribution in [-0.4, -0.2) is 23.2 Å². The van der Waals surface area contributed by atoms with Crippen LogP contribution < -0.4 is 4.74 Å². The van der Waals surface area contributed by atoms with E-state index in [1.807, 2.05) is 24.3 Å². The molecule has 0 radical (unpaired) electrons. The van der Waals surface area contributed by atoms with E-state index in [9.17, 15) is 4.79 Å². The Morgan fingerprint density at radius 1 is 1.21 bits per heavy atom. The van der Waals surface area contributed by atoms with E-state index in [-0.39, 0.29) is 6.42 Å². The van der Waals surface area contributed by atoms with Crippen molar-refractivity contribution in [2.24, 2.45) is 0 Å². The lowest BCUT2D eigenvalue weighted by atomic mass is 10.0. The molecule has 1 heterocycles. The van der Waals surface area contributed by atoms with Crippen molar-refractivity contribution in [3.05, 3.63) is 59.4 Å². The number of carboxylic acids is 1. The molecule has 0 aliphatic rings. The molecule has 2 aromatic rings. The highest BCUT2D eigenvalue weighted by Crippen LogP contribution is 2.26. The van der Waals surface area contributed by atoms with E-state index < -0.39 is 5.97 Å². The van der Waals surface area contributed by atoms with Gasteiger partial charge in [0.05, 0.1) is 13.5 Å². The lowest BCUT2D eigenvalue weighted by Crippen LogP contribution is -2.04. The van der Waals surface area contributed by atoms with Crippen molar-refractivity contribution in [1.82, 2.24) is 4.98 Å². The molecule has 1 aromatic carbocycles. The second kappa shape index (κ2) is 6.00. The van der Waals surface area contributed by atoms with Crippen molar-refractivity contribution >= 4 is 5.97 Å². The predicted octanol–water partition coefficient (Wildman–Crippen LogP) is 2.31. The Balaban J connectivity index is 2.32. The van der Waals surface area contributed by atoms with Gasteiger partial charge in [-0.3, -0.25) is 9.78 Å². The van der Waals surface area contributed by atoms with Crippen LogP contribution in [0.1, 0.15) is 16.7 Å². The first-order valence-corrected chi connectivity index (χ1v) is 5.96. The topological polar surface area (TPSA) is 59.4 Å². The lowest BCUT2D eigenvalue weighted by Gasteiger charge is -2.12. The number of pyridine rings is 1. The Morgan fingerprint density at radius 2 is 1.89 bits per heavy atom. The number of rotatable bonds is 5. The molecule has 98 valence electrons. The van der Waals surface area contributed by atoms with Gasteiger partial charge in [0.25, 0.3) is 0 Å². The number of carboxylic acid groups (broad SMARTS) is 1. The summed E-state index contributed by atoms with van der Waals surface area (Å²) in [6.07, 6.45) is 4.14. The highest BCUT2D eigenvalue weighted by Gasteiger charge is 2.12. The molecule has 0 bridgehead atoms. The molecule has 0 unspecified atom stereocenters. The lowest BCUT2D eigenvalue weighted by molar-refractivity contribution is -0.136. The van der Waals surface area contributed by atoms with Gasteiger partial charge in [0, 0.05) is 24.4 Å². The third-order valence-corrected chi connectivity index (χ3v) is 2.87. The van der Waals surface area contributed by atoms with Crippen LogP contribution in [0.15, 0.2) is 42.7 Å². The zero-order chi connectivity index (χ0) is 13.7. The number of aromatic nitrogens is 1. The summed E-state index contributed by atoms with van der Waals surface area (Å²) in [4.78, 5) is 14.8. The van der Waals surface area contributed by atoms with Gasteiger partial charge in [0.2, 0.25) is 0 Å². The normalized spacial score (nSPS) is 10.2. The summed E-state index contributed by atoms with van der Waals surface area (Å²) in [5, 5.41) is 8.90. The fraction of sp³-hybridized carbons (Fsp3) is 0.200. The Morgan fingerprint density at radius 3 is 2.53 bits per heavy atom. The van der Waals surface area contributed by atoms with Crippen LogP contribution in [0.2, 0.25) is 0 Å². The molecule has 0 spiro atoms. The number of hydrogen-bond acceptors (Lipinski definition) is 3. The minimum atomic E-state index is -0.862. The molecule has 4 heteroatoms. The number of carbonyl (C=O) groups is 1. The van der Waals surface area contributed by atoms with Gasteiger partial charge in [-0.25, -0.2) is 0 Å². The number of nitrogens with zero attached hydrogens (tertiary/aromatic N) is 1. The maximum Gasteiger partial charge on any atom is 0.307 e. The van der Waals surface area contributed by atoms with Crippen LogP contribution >= 0.6 is 0 Å². The number of ether oxygens (including phenoxy) is 1. The van der Waals surface area contributed by atoms with Crippen molar-refractivity contribution in [3.63, 3.8) is 0 Å². The van der Waals surface area contributed by atoms with Crippen molar-refractivity contribution in [1.29, 1.82) is 0 Å². The molecule has 0 atom stereocenters. The Kier molecular flexibility index (Phi) is 4.13. The van der Waals surface area contributed by atoms with Crippen molar-refractivity contribution < 1.29 is 14.6 Å². The molecular weight excluding hydrogens is 242 g/mol. The molecule has 0 aliphatic heterocycles. The predicted molar refractivity (Wildman–Crippen MR) is 71.4 cm³/mol. The third kappa shape index (κ3) is 3.31. The smallest absolute Gasteiger partial charge is 0.307 e. The van der Waals surface area contributed by atoms with Crippen LogP contribution in [0.4, 0.5) is 0 Å². The summed E-state index contributed by atoms with van der Waals surface area (Å²) >= 11 is 0. The van der Waals surface area contributed by atoms with Crippen LogP contribution in [0.3, 0.4) is 0 Å². The summed E-state index contributed by atoms with van der Waals surface area (Å²) in [7, 11) is 1.57.